The molecule has 2 amide bonds. The van der Waals surface area contributed by atoms with Crippen LogP contribution in [0.2, 0.25) is 18.6 Å². The van der Waals surface area contributed by atoms with Gasteiger partial charge in [0.05, 0.1) is 52.9 Å². The number of anilines is 1. The molecule has 1 fully saturated rings. The number of aromatic amines is 1. The van der Waals surface area contributed by atoms with Gasteiger partial charge in [-0.05, 0) is 83.3 Å². The number of amides is 2. The predicted octanol–water partition coefficient (Wildman–Crippen LogP) is 7.02. The summed E-state index contributed by atoms with van der Waals surface area (Å²) in [5.41, 5.74) is 6.52. The summed E-state index contributed by atoms with van der Waals surface area (Å²) in [7, 11) is -0.477. The highest BCUT2D eigenvalue weighted by atomic mass is 28.3. The summed E-state index contributed by atoms with van der Waals surface area (Å²) in [6, 6.07) is 32.6. The Bertz CT molecular complexity index is 2040. The average molecular weight is 730 g/mol. The number of carbonyl (C=O) groups is 2. The minimum absolute atomic E-state index is 0.00547. The molecule has 2 aliphatic rings. The number of ether oxygens (including phenoxy) is 2. The number of methoxy groups -OCH3 is 1. The SMILES string of the molecule is COc1ccc([Si](C)(C)[C@H]2[C@H](C)[C@H](CCc3ccc(NC(=O)Cc4c[nH]c5ccccc45)cc3)O[C@@H]2CC(=O)N2Cc3ccccc3C[C@H]2CO)cc1. The summed E-state index contributed by atoms with van der Waals surface area (Å²) in [6.07, 6.45) is 4.59. The van der Waals surface area contributed by atoms with Crippen LogP contribution in [0.5, 0.6) is 5.75 Å². The molecular weight excluding hydrogens is 679 g/mol. The number of hydrogen-bond donors (Lipinski definition) is 3. The lowest BCUT2D eigenvalue weighted by atomic mass is 9.93. The standard InChI is InChI=1S/C44H51N3O5Si/c1-29-40(22-15-30-13-16-34(17-14-30)46-42(49)24-33-26-45-39-12-8-7-11-38(33)39)52-41(44(29)53(3,4)37-20-18-36(51-2)19-21-37)25-43(50)47-27-32-10-6-5-9-31(32)23-35(47)28-48/h5-14,16-21,26,29,35,40-41,44-45,48H,15,22-25,27-28H2,1-4H3,(H,46,49)/t29-,35+,40+,41-,44+/m1/s1. The lowest BCUT2D eigenvalue weighted by Crippen LogP contribution is -2.52. The van der Waals surface area contributed by atoms with Crippen molar-refractivity contribution in [2.75, 3.05) is 19.0 Å². The lowest BCUT2D eigenvalue weighted by Gasteiger charge is -2.39. The van der Waals surface area contributed by atoms with E-state index in [1.165, 1.54) is 16.3 Å². The molecular formula is C44H51N3O5Si. The molecule has 4 aromatic carbocycles. The van der Waals surface area contributed by atoms with E-state index in [4.69, 9.17) is 9.47 Å². The molecule has 7 rings (SSSR count). The number of aromatic nitrogens is 1. The number of nitrogens with zero attached hydrogens (tertiary/aromatic N) is 1. The monoisotopic (exact) mass is 729 g/mol. The first kappa shape index (κ1) is 36.6. The van der Waals surface area contributed by atoms with Crippen molar-refractivity contribution in [2.45, 2.75) is 82.5 Å². The third kappa shape index (κ3) is 7.83. The van der Waals surface area contributed by atoms with E-state index >= 15 is 0 Å². The molecule has 8 nitrogen and oxygen atoms in total. The normalized spacial score (nSPS) is 21.4. The summed E-state index contributed by atoms with van der Waals surface area (Å²) in [6.45, 7) is 7.55. The number of rotatable bonds is 12. The molecule has 0 radical (unpaired) electrons. The van der Waals surface area contributed by atoms with Gasteiger partial charge in [0, 0.05) is 29.3 Å². The zero-order valence-corrected chi connectivity index (χ0v) is 32.2. The predicted molar refractivity (Wildman–Crippen MR) is 213 cm³/mol. The van der Waals surface area contributed by atoms with Crippen LogP contribution < -0.4 is 15.2 Å². The second kappa shape index (κ2) is 15.7. The number of H-pyrrole nitrogens is 1. The van der Waals surface area contributed by atoms with E-state index in [9.17, 15) is 14.7 Å². The van der Waals surface area contributed by atoms with E-state index < -0.39 is 8.07 Å². The van der Waals surface area contributed by atoms with Crippen LogP contribution >= 0.6 is 0 Å². The molecule has 53 heavy (non-hydrogen) atoms. The van der Waals surface area contributed by atoms with E-state index in [0.717, 1.165) is 46.3 Å². The number of aryl methyl sites for hydroxylation is 1. The maximum absolute atomic E-state index is 14.2. The molecule has 0 unspecified atom stereocenters. The molecule has 3 heterocycles. The highest BCUT2D eigenvalue weighted by molar-refractivity contribution is 6.91. The van der Waals surface area contributed by atoms with Crippen molar-refractivity contribution < 1.29 is 24.2 Å². The summed E-state index contributed by atoms with van der Waals surface area (Å²) in [5, 5.41) is 15.8. The number of aliphatic hydroxyl groups excluding tert-OH is 1. The largest absolute Gasteiger partial charge is 0.497 e. The lowest BCUT2D eigenvalue weighted by molar-refractivity contribution is -0.138. The molecule has 2 aliphatic heterocycles. The van der Waals surface area contributed by atoms with Gasteiger partial charge in [-0.2, -0.15) is 0 Å². The van der Waals surface area contributed by atoms with Crippen molar-refractivity contribution in [3.05, 3.63) is 126 Å². The van der Waals surface area contributed by atoms with E-state index in [0.29, 0.717) is 25.8 Å². The number of nitrogens with one attached hydrogen (secondary N) is 2. The smallest absolute Gasteiger partial charge is 0.228 e. The van der Waals surface area contributed by atoms with Crippen molar-refractivity contribution in [3.8, 4) is 5.75 Å². The molecule has 9 heteroatoms. The fourth-order valence-corrected chi connectivity index (χ4v) is 13.0. The maximum Gasteiger partial charge on any atom is 0.228 e. The van der Waals surface area contributed by atoms with Crippen molar-refractivity contribution in [2.24, 2.45) is 5.92 Å². The van der Waals surface area contributed by atoms with Gasteiger partial charge in [0.1, 0.15) is 5.75 Å². The molecule has 276 valence electrons. The third-order valence-corrected chi connectivity index (χ3v) is 16.2. The summed E-state index contributed by atoms with van der Waals surface area (Å²) in [4.78, 5) is 32.2. The zero-order chi connectivity index (χ0) is 37.1. The first-order chi connectivity index (χ1) is 25.6. The number of hydrogen-bond acceptors (Lipinski definition) is 5. The van der Waals surface area contributed by atoms with Gasteiger partial charge in [0.2, 0.25) is 11.8 Å². The molecule has 0 saturated carbocycles. The van der Waals surface area contributed by atoms with Gasteiger partial charge in [0.15, 0.2) is 0 Å². The number of carbonyl (C=O) groups excluding carboxylic acids is 2. The number of fused-ring (bicyclic) bond motifs is 2. The zero-order valence-electron chi connectivity index (χ0n) is 31.2. The van der Waals surface area contributed by atoms with Crippen LogP contribution in [-0.4, -0.2) is 66.8 Å². The molecule has 5 aromatic rings. The first-order valence-corrected chi connectivity index (χ1v) is 21.9. The average Bonchev–Trinajstić information content (AvgIpc) is 3.73. The van der Waals surface area contributed by atoms with E-state index in [-0.39, 0.29) is 48.1 Å². The van der Waals surface area contributed by atoms with Crippen LogP contribution in [0.4, 0.5) is 5.69 Å². The van der Waals surface area contributed by atoms with Crippen molar-refractivity contribution in [1.29, 1.82) is 0 Å². The van der Waals surface area contributed by atoms with Gasteiger partial charge in [-0.25, -0.2) is 0 Å². The van der Waals surface area contributed by atoms with Gasteiger partial charge in [-0.15, -0.1) is 0 Å². The van der Waals surface area contributed by atoms with E-state index in [2.05, 4.69) is 66.7 Å². The first-order valence-electron chi connectivity index (χ1n) is 18.9. The molecule has 1 aromatic heterocycles. The molecule has 0 spiro atoms. The second-order valence-electron chi connectivity index (χ2n) is 15.4. The van der Waals surface area contributed by atoms with Gasteiger partial charge >= 0.3 is 0 Å². The highest BCUT2D eigenvalue weighted by Crippen LogP contribution is 2.47. The molecule has 1 saturated heterocycles. The Labute approximate surface area is 313 Å². The summed E-state index contributed by atoms with van der Waals surface area (Å²) in [5.74, 6) is 1.07. The van der Waals surface area contributed by atoms with Crippen molar-refractivity contribution in [1.82, 2.24) is 9.88 Å². The number of aliphatic hydroxyl groups is 1. The topological polar surface area (TPSA) is 104 Å². The summed E-state index contributed by atoms with van der Waals surface area (Å²) < 4.78 is 12.4. The molecule has 5 atom stereocenters. The van der Waals surface area contributed by atoms with Gasteiger partial charge in [-0.1, -0.05) is 91.9 Å². The quantitative estimate of drug-likeness (QED) is 0.120. The Morgan fingerprint density at radius 3 is 2.40 bits per heavy atom. The second-order valence-corrected chi connectivity index (χ2v) is 20.1. The molecule has 0 bridgehead atoms. The molecule has 3 N–H and O–H groups in total. The van der Waals surface area contributed by atoms with Gasteiger partial charge < -0.3 is 29.8 Å². The van der Waals surface area contributed by atoms with Gasteiger partial charge in [-0.3, -0.25) is 9.59 Å². The summed E-state index contributed by atoms with van der Waals surface area (Å²) >= 11 is 0. The maximum atomic E-state index is 14.2. The van der Waals surface area contributed by atoms with Crippen LogP contribution in [0.1, 0.15) is 42.0 Å². The Morgan fingerprint density at radius 2 is 1.66 bits per heavy atom. The van der Waals surface area contributed by atoms with E-state index in [1.54, 1.807) is 7.11 Å². The van der Waals surface area contributed by atoms with Crippen LogP contribution in [0.3, 0.4) is 0 Å². The fourth-order valence-electron chi connectivity index (χ4n) is 8.90. The van der Waals surface area contributed by atoms with Crippen molar-refractivity contribution >= 4 is 41.7 Å². The minimum atomic E-state index is -2.16. The molecule has 0 aliphatic carbocycles. The number of para-hydroxylation sites is 1. The van der Waals surface area contributed by atoms with Gasteiger partial charge in [0.25, 0.3) is 0 Å². The van der Waals surface area contributed by atoms with Crippen molar-refractivity contribution in [3.63, 3.8) is 0 Å². The Balaban J connectivity index is 1.04. The Morgan fingerprint density at radius 1 is 0.943 bits per heavy atom. The Kier molecular flexibility index (Phi) is 10.9. The van der Waals surface area contributed by atoms with Crippen LogP contribution in [-0.2, 0) is 40.1 Å². The Hall–Kier alpha value is -4.70. The minimum Gasteiger partial charge on any atom is -0.497 e. The van der Waals surface area contributed by atoms with Crippen LogP contribution in [0, 0.1) is 5.92 Å². The van der Waals surface area contributed by atoms with Crippen LogP contribution in [0.15, 0.2) is 103 Å². The third-order valence-electron chi connectivity index (χ3n) is 11.8. The fraction of sp³-hybridized carbons (Fsp3) is 0.364. The van der Waals surface area contributed by atoms with E-state index in [1.807, 2.05) is 71.8 Å². The van der Waals surface area contributed by atoms with Crippen LogP contribution in [0.25, 0.3) is 10.9 Å². The number of benzene rings is 4. The highest BCUT2D eigenvalue weighted by Gasteiger charge is 2.51.